The van der Waals surface area contributed by atoms with Gasteiger partial charge in [-0.2, -0.15) is 0 Å². The summed E-state index contributed by atoms with van der Waals surface area (Å²) in [6, 6.07) is 4.27. The van der Waals surface area contributed by atoms with Crippen LogP contribution in [0.5, 0.6) is 0 Å². The normalized spacial score (nSPS) is 11.2. The predicted molar refractivity (Wildman–Crippen MR) is 90.0 cm³/mol. The first-order valence-corrected chi connectivity index (χ1v) is 6.89. The van der Waals surface area contributed by atoms with Crippen molar-refractivity contribution >= 4 is 35.0 Å². The average molecular weight is 304 g/mol. The molecule has 0 saturated heterocycles. The number of rotatable bonds is 7. The standard InChI is InChI=1S/C16H17FN2OS/c1-3-5-7-12(6-4-2)16(20)19-15-10-13(18-11-21)8-9-14(15)17/h4-11H,2-3H2,1H3,(H,18,21)(H,19,20)/b7-5-,12-6+. The number of halogens is 1. The molecule has 1 aromatic rings. The summed E-state index contributed by atoms with van der Waals surface area (Å²) in [6.07, 6.45) is 7.39. The minimum Gasteiger partial charge on any atom is -0.353 e. The summed E-state index contributed by atoms with van der Waals surface area (Å²) in [6.45, 7) is 5.52. The highest BCUT2D eigenvalue weighted by molar-refractivity contribution is 7.79. The molecule has 0 aliphatic heterocycles. The number of thiocarbonyl (C=S) groups is 1. The number of carbonyl (C=O) groups excluding carboxylic acids is 1. The monoisotopic (exact) mass is 304 g/mol. The molecule has 0 saturated carbocycles. The third-order valence-corrected chi connectivity index (χ3v) is 2.65. The topological polar surface area (TPSA) is 41.1 Å². The minimum absolute atomic E-state index is 0.0849. The van der Waals surface area contributed by atoms with Crippen LogP contribution in [0.3, 0.4) is 0 Å². The number of anilines is 2. The summed E-state index contributed by atoms with van der Waals surface area (Å²) < 4.78 is 13.7. The molecular formula is C16H17FN2OS. The number of nitrogens with one attached hydrogen (secondary N) is 2. The maximum atomic E-state index is 13.7. The molecule has 1 rings (SSSR count). The molecule has 3 nitrogen and oxygen atoms in total. The van der Waals surface area contributed by atoms with Crippen LogP contribution in [-0.4, -0.2) is 11.4 Å². The molecule has 0 unspecified atom stereocenters. The molecule has 5 heteroatoms. The Labute approximate surface area is 129 Å². The largest absolute Gasteiger partial charge is 0.353 e. The molecule has 110 valence electrons. The third-order valence-electron chi connectivity index (χ3n) is 2.53. The Morgan fingerprint density at radius 2 is 2.24 bits per heavy atom. The lowest BCUT2D eigenvalue weighted by molar-refractivity contribution is -0.112. The molecular weight excluding hydrogens is 287 g/mol. The van der Waals surface area contributed by atoms with Gasteiger partial charge in [-0.25, -0.2) is 4.39 Å². The molecule has 1 aromatic carbocycles. The van der Waals surface area contributed by atoms with Gasteiger partial charge in [0.2, 0.25) is 0 Å². The first kappa shape index (κ1) is 16.8. The number of benzene rings is 1. The van der Waals surface area contributed by atoms with Crippen molar-refractivity contribution < 1.29 is 9.18 Å². The summed E-state index contributed by atoms with van der Waals surface area (Å²) in [4.78, 5) is 12.1. The van der Waals surface area contributed by atoms with Crippen LogP contribution in [0.4, 0.5) is 15.8 Å². The summed E-state index contributed by atoms with van der Waals surface area (Å²) in [5.41, 5.74) is 2.40. The van der Waals surface area contributed by atoms with E-state index in [4.69, 9.17) is 0 Å². The highest BCUT2D eigenvalue weighted by atomic mass is 32.1. The van der Waals surface area contributed by atoms with Crippen molar-refractivity contribution in [3.05, 3.63) is 60.5 Å². The van der Waals surface area contributed by atoms with Gasteiger partial charge >= 0.3 is 0 Å². The van der Waals surface area contributed by atoms with Gasteiger partial charge in [0.15, 0.2) is 0 Å². The summed E-state index contributed by atoms with van der Waals surface area (Å²) in [5.74, 6) is -0.923. The van der Waals surface area contributed by atoms with Crippen molar-refractivity contribution in [3.8, 4) is 0 Å². The van der Waals surface area contributed by atoms with E-state index in [1.165, 1.54) is 29.8 Å². The molecule has 0 spiro atoms. The highest BCUT2D eigenvalue weighted by Gasteiger charge is 2.10. The number of hydrogen-bond donors (Lipinski definition) is 2. The van der Waals surface area contributed by atoms with E-state index in [1.54, 1.807) is 12.2 Å². The first-order chi connectivity index (χ1) is 10.1. The van der Waals surface area contributed by atoms with Crippen molar-refractivity contribution in [2.24, 2.45) is 0 Å². The van der Waals surface area contributed by atoms with E-state index in [9.17, 15) is 9.18 Å². The maximum Gasteiger partial charge on any atom is 0.255 e. The van der Waals surface area contributed by atoms with Crippen LogP contribution in [0.15, 0.2) is 54.7 Å². The van der Waals surface area contributed by atoms with Crippen LogP contribution < -0.4 is 10.6 Å². The molecule has 0 radical (unpaired) electrons. The van der Waals surface area contributed by atoms with Crippen molar-refractivity contribution in [2.45, 2.75) is 13.3 Å². The van der Waals surface area contributed by atoms with Gasteiger partial charge in [0.05, 0.1) is 11.2 Å². The Morgan fingerprint density at radius 3 is 2.86 bits per heavy atom. The van der Waals surface area contributed by atoms with E-state index in [0.29, 0.717) is 11.3 Å². The van der Waals surface area contributed by atoms with E-state index >= 15 is 0 Å². The Kier molecular flexibility index (Phi) is 7.04. The van der Waals surface area contributed by atoms with Gasteiger partial charge in [-0.3, -0.25) is 4.79 Å². The zero-order valence-electron chi connectivity index (χ0n) is 11.7. The van der Waals surface area contributed by atoms with Gasteiger partial charge in [-0.15, -0.1) is 0 Å². The Hall–Kier alpha value is -2.27. The van der Waals surface area contributed by atoms with E-state index in [-0.39, 0.29) is 5.69 Å². The zero-order chi connectivity index (χ0) is 15.7. The number of carbonyl (C=O) groups is 1. The van der Waals surface area contributed by atoms with Crippen LogP contribution in [-0.2, 0) is 4.79 Å². The van der Waals surface area contributed by atoms with Crippen molar-refractivity contribution in [2.75, 3.05) is 10.6 Å². The van der Waals surface area contributed by atoms with Crippen LogP contribution in [0, 0.1) is 5.82 Å². The summed E-state index contributed by atoms with van der Waals surface area (Å²) in [5, 5.41) is 5.30. The minimum atomic E-state index is -0.518. The van der Waals surface area contributed by atoms with Crippen LogP contribution in [0.1, 0.15) is 13.3 Å². The van der Waals surface area contributed by atoms with E-state index < -0.39 is 11.7 Å². The first-order valence-electron chi connectivity index (χ1n) is 6.42. The summed E-state index contributed by atoms with van der Waals surface area (Å²) >= 11 is 4.68. The fourth-order valence-corrected chi connectivity index (χ4v) is 1.69. The van der Waals surface area contributed by atoms with Crippen molar-refractivity contribution in [1.29, 1.82) is 0 Å². The quantitative estimate of drug-likeness (QED) is 0.450. The Balaban J connectivity index is 2.97. The zero-order valence-corrected chi connectivity index (χ0v) is 12.5. The highest BCUT2D eigenvalue weighted by Crippen LogP contribution is 2.20. The maximum absolute atomic E-state index is 13.7. The molecule has 0 heterocycles. The third kappa shape index (κ3) is 5.31. The van der Waals surface area contributed by atoms with Gasteiger partial charge in [0.1, 0.15) is 5.82 Å². The van der Waals surface area contributed by atoms with Crippen LogP contribution in [0.25, 0.3) is 0 Å². The second kappa shape index (κ2) is 8.81. The lowest BCUT2D eigenvalue weighted by atomic mass is 10.2. The van der Waals surface area contributed by atoms with E-state index in [0.717, 1.165) is 6.42 Å². The lowest BCUT2D eigenvalue weighted by Crippen LogP contribution is -2.14. The second-order valence-corrected chi connectivity index (χ2v) is 4.31. The molecule has 0 aromatic heterocycles. The Bertz CT molecular complexity index is 594. The summed E-state index contributed by atoms with van der Waals surface area (Å²) in [7, 11) is 0. The van der Waals surface area contributed by atoms with Gasteiger partial charge in [0, 0.05) is 11.3 Å². The number of amides is 1. The smallest absolute Gasteiger partial charge is 0.255 e. The fraction of sp³-hybridized carbons (Fsp3) is 0.125. The Morgan fingerprint density at radius 1 is 1.48 bits per heavy atom. The molecule has 0 atom stereocenters. The van der Waals surface area contributed by atoms with Crippen LogP contribution in [0.2, 0.25) is 0 Å². The number of hydrogen-bond acceptors (Lipinski definition) is 2. The molecule has 0 aliphatic rings. The second-order valence-electron chi connectivity index (χ2n) is 4.08. The lowest BCUT2D eigenvalue weighted by Gasteiger charge is -2.09. The number of allylic oxidation sites excluding steroid dienone is 3. The predicted octanol–water partition coefficient (Wildman–Crippen LogP) is 4.21. The van der Waals surface area contributed by atoms with Gasteiger partial charge < -0.3 is 10.6 Å². The molecule has 0 aliphatic carbocycles. The SMILES string of the molecule is C=C/C=C(\C=C/CC)C(=O)Nc1cc(NC=S)ccc1F. The molecule has 2 N–H and O–H groups in total. The van der Waals surface area contributed by atoms with Gasteiger partial charge in [-0.05, 0) is 24.6 Å². The fourth-order valence-electron chi connectivity index (χ4n) is 1.55. The van der Waals surface area contributed by atoms with Gasteiger partial charge in [-0.1, -0.05) is 50.0 Å². The molecule has 21 heavy (non-hydrogen) atoms. The van der Waals surface area contributed by atoms with Crippen molar-refractivity contribution in [3.63, 3.8) is 0 Å². The van der Waals surface area contributed by atoms with E-state index in [2.05, 4.69) is 29.4 Å². The molecule has 0 fully saturated rings. The average Bonchev–Trinajstić information content (AvgIpc) is 2.47. The van der Waals surface area contributed by atoms with Gasteiger partial charge in [0.25, 0.3) is 5.91 Å². The molecule has 1 amide bonds. The van der Waals surface area contributed by atoms with E-state index in [1.807, 2.05) is 13.0 Å². The molecule has 0 bridgehead atoms. The van der Waals surface area contributed by atoms with Crippen molar-refractivity contribution in [1.82, 2.24) is 0 Å². The van der Waals surface area contributed by atoms with Crippen LogP contribution >= 0.6 is 12.2 Å².